The summed E-state index contributed by atoms with van der Waals surface area (Å²) in [5.74, 6) is 0. The molecule has 0 aromatic carbocycles. The van der Waals surface area contributed by atoms with Crippen molar-refractivity contribution in [1.82, 2.24) is 0 Å². The first-order valence-electron chi connectivity index (χ1n) is 3.51. The monoisotopic (exact) mass is 356 g/mol. The van der Waals surface area contributed by atoms with E-state index >= 15 is 0 Å². The van der Waals surface area contributed by atoms with Gasteiger partial charge in [0.1, 0.15) is 0 Å². The van der Waals surface area contributed by atoms with Gasteiger partial charge in [-0.05, 0) is 0 Å². The average Bonchev–Trinajstić information content (AvgIpc) is 2.14. The number of hydrogen-bond donors (Lipinski definition) is 0. The quantitative estimate of drug-likeness (QED) is 0.448. The molecule has 56 valence electrons. The number of hydrogen-bond acceptors (Lipinski definition) is 0. The van der Waals surface area contributed by atoms with Gasteiger partial charge in [0.05, 0.1) is 0 Å². The summed E-state index contributed by atoms with van der Waals surface area (Å²) in [5, 5.41) is 0. The molecule has 1 rings (SSSR count). The van der Waals surface area contributed by atoms with Gasteiger partial charge in [-0.2, -0.15) is 0 Å². The SMILES string of the molecule is CC[Te+]1CCCC1C.[I-]. The van der Waals surface area contributed by atoms with Crippen LogP contribution in [0.3, 0.4) is 0 Å². The number of rotatable bonds is 1. The second-order valence-electron chi connectivity index (χ2n) is 2.48. The first-order chi connectivity index (χ1) is 3.84. The van der Waals surface area contributed by atoms with Crippen LogP contribution in [0.2, 0.25) is 12.9 Å². The second-order valence-corrected chi connectivity index (χ2v) is 10.7. The topological polar surface area (TPSA) is 0 Å². The Morgan fingerprint density at radius 1 is 1.56 bits per heavy atom. The predicted molar refractivity (Wildman–Crippen MR) is 39.7 cm³/mol. The van der Waals surface area contributed by atoms with E-state index in [-0.39, 0.29) is 24.0 Å². The van der Waals surface area contributed by atoms with Crippen molar-refractivity contribution in [2.45, 2.75) is 39.6 Å². The molecule has 1 unspecified atom stereocenters. The molecule has 1 aliphatic heterocycles. The molecule has 1 aliphatic rings. The Hall–Kier alpha value is 1.52. The van der Waals surface area contributed by atoms with E-state index in [9.17, 15) is 0 Å². The van der Waals surface area contributed by atoms with Gasteiger partial charge in [0.2, 0.25) is 0 Å². The Morgan fingerprint density at radius 3 is 2.44 bits per heavy atom. The molecule has 0 saturated carbocycles. The van der Waals surface area contributed by atoms with Gasteiger partial charge >= 0.3 is 59.1 Å². The molecular formula is C7H15ITe. The zero-order valence-corrected chi connectivity index (χ0v) is 10.7. The summed E-state index contributed by atoms with van der Waals surface area (Å²) >= 11 is -0.427. The zero-order valence-electron chi connectivity index (χ0n) is 6.19. The first kappa shape index (κ1) is 10.5. The fourth-order valence-corrected chi connectivity index (χ4v) is 7.91. The molecule has 1 fully saturated rings. The van der Waals surface area contributed by atoms with Crippen molar-refractivity contribution in [3.63, 3.8) is 0 Å². The van der Waals surface area contributed by atoms with Crippen molar-refractivity contribution in [3.05, 3.63) is 0 Å². The third-order valence-electron chi connectivity index (χ3n) is 1.96. The van der Waals surface area contributed by atoms with Crippen molar-refractivity contribution in [3.8, 4) is 0 Å². The Labute approximate surface area is 82.4 Å². The molecular weight excluding hydrogens is 339 g/mol. The van der Waals surface area contributed by atoms with Crippen LogP contribution in [0.1, 0.15) is 26.7 Å². The van der Waals surface area contributed by atoms with E-state index in [1.807, 2.05) is 0 Å². The van der Waals surface area contributed by atoms with Crippen molar-refractivity contribution in [1.29, 1.82) is 0 Å². The second kappa shape index (κ2) is 5.21. The molecule has 0 aromatic rings. The van der Waals surface area contributed by atoms with E-state index in [1.54, 1.807) is 21.8 Å². The minimum Gasteiger partial charge on any atom is -1.00 e. The maximum Gasteiger partial charge on any atom is -1.00 e. The summed E-state index contributed by atoms with van der Waals surface area (Å²) in [5.41, 5.74) is 0. The maximum atomic E-state index is 2.47. The molecule has 1 atom stereocenters. The normalized spacial score (nSPS) is 28.0. The summed E-state index contributed by atoms with van der Waals surface area (Å²) in [6.45, 7) is 4.85. The van der Waals surface area contributed by atoms with E-state index in [2.05, 4.69) is 13.8 Å². The summed E-state index contributed by atoms with van der Waals surface area (Å²) in [6, 6.07) is 0. The van der Waals surface area contributed by atoms with Crippen LogP contribution in [0.5, 0.6) is 0 Å². The molecule has 0 bridgehead atoms. The molecule has 0 nitrogen and oxygen atoms in total. The number of halogens is 1. The Morgan fingerprint density at radius 2 is 2.22 bits per heavy atom. The van der Waals surface area contributed by atoms with E-state index in [0.29, 0.717) is 0 Å². The van der Waals surface area contributed by atoms with Gasteiger partial charge in [-0.1, -0.05) is 0 Å². The minimum absolute atomic E-state index is 0. The Kier molecular flexibility index (Phi) is 6.09. The van der Waals surface area contributed by atoms with Gasteiger partial charge in [0, 0.05) is 0 Å². The van der Waals surface area contributed by atoms with Gasteiger partial charge in [-0.15, -0.1) is 0 Å². The predicted octanol–water partition coefficient (Wildman–Crippen LogP) is -0.311. The van der Waals surface area contributed by atoms with Crippen LogP contribution in [0.4, 0.5) is 0 Å². The third kappa shape index (κ3) is 2.94. The molecule has 1 heterocycles. The molecule has 1 saturated heterocycles. The van der Waals surface area contributed by atoms with Crippen LogP contribution in [-0.4, -0.2) is 19.6 Å². The first-order valence-corrected chi connectivity index (χ1v) is 8.15. The van der Waals surface area contributed by atoms with Crippen molar-refractivity contribution >= 4 is 19.6 Å². The molecule has 0 spiro atoms. The summed E-state index contributed by atoms with van der Waals surface area (Å²) in [4.78, 5) is 0. The zero-order chi connectivity index (χ0) is 5.98. The van der Waals surface area contributed by atoms with Crippen LogP contribution in [0, 0.1) is 0 Å². The Bertz CT molecular complexity index is 75.3. The molecule has 0 amide bonds. The molecule has 2 heteroatoms. The van der Waals surface area contributed by atoms with E-state index < -0.39 is 19.6 Å². The maximum absolute atomic E-state index is 2.47. The smallest absolute Gasteiger partial charge is 1.00 e. The fourth-order valence-electron chi connectivity index (χ4n) is 1.35. The average molecular weight is 354 g/mol. The summed E-state index contributed by atoms with van der Waals surface area (Å²) in [6.07, 6.45) is 3.12. The van der Waals surface area contributed by atoms with E-state index in [1.165, 1.54) is 3.97 Å². The molecule has 0 aliphatic carbocycles. The largest absolute Gasteiger partial charge is 1.00 e. The van der Waals surface area contributed by atoms with Crippen LogP contribution in [0.15, 0.2) is 0 Å². The molecule has 0 aromatic heterocycles. The van der Waals surface area contributed by atoms with Gasteiger partial charge in [0.25, 0.3) is 0 Å². The van der Waals surface area contributed by atoms with Gasteiger partial charge < -0.3 is 24.0 Å². The van der Waals surface area contributed by atoms with Crippen LogP contribution in [0.25, 0.3) is 0 Å². The van der Waals surface area contributed by atoms with Crippen LogP contribution >= 0.6 is 0 Å². The van der Waals surface area contributed by atoms with Crippen molar-refractivity contribution < 1.29 is 24.0 Å². The fraction of sp³-hybridized carbons (Fsp3) is 1.00. The van der Waals surface area contributed by atoms with Gasteiger partial charge in [-0.25, -0.2) is 0 Å². The third-order valence-corrected chi connectivity index (χ3v) is 10.3. The van der Waals surface area contributed by atoms with E-state index in [0.717, 1.165) is 0 Å². The molecule has 9 heavy (non-hydrogen) atoms. The standard InChI is InChI=1S/C7H15Te.HI/c1-3-8-6-4-5-7(8)2;/h7H,3-6H2,1-2H3;1H/q+1;/p-1. The van der Waals surface area contributed by atoms with Crippen molar-refractivity contribution in [2.75, 3.05) is 0 Å². The van der Waals surface area contributed by atoms with E-state index in [4.69, 9.17) is 0 Å². The summed E-state index contributed by atoms with van der Waals surface area (Å²) in [7, 11) is 0. The van der Waals surface area contributed by atoms with Crippen LogP contribution in [-0.2, 0) is 0 Å². The van der Waals surface area contributed by atoms with Crippen LogP contribution < -0.4 is 24.0 Å². The molecule has 0 radical (unpaired) electrons. The van der Waals surface area contributed by atoms with Gasteiger partial charge in [-0.3, -0.25) is 0 Å². The summed E-state index contributed by atoms with van der Waals surface area (Å²) < 4.78 is 4.44. The molecule has 0 N–H and O–H groups in total. The Balaban J connectivity index is 0.000000640. The minimum atomic E-state index is -0.427. The van der Waals surface area contributed by atoms with Gasteiger partial charge in [0.15, 0.2) is 0 Å². The van der Waals surface area contributed by atoms with Crippen molar-refractivity contribution in [2.24, 2.45) is 0 Å².